The molecule has 3 rings (SSSR count). The lowest BCUT2D eigenvalue weighted by Gasteiger charge is -2.38. The summed E-state index contributed by atoms with van der Waals surface area (Å²) in [4.78, 5) is 16.8. The Hall–Kier alpha value is -1.92. The van der Waals surface area contributed by atoms with Gasteiger partial charge in [0, 0.05) is 44.2 Å². The van der Waals surface area contributed by atoms with E-state index in [1.54, 1.807) is 4.90 Å². The first-order chi connectivity index (χ1) is 18.4. The Balaban J connectivity index is 1.43. The van der Waals surface area contributed by atoms with Crippen LogP contribution in [-0.2, 0) is 21.2 Å². The molecule has 0 spiro atoms. The van der Waals surface area contributed by atoms with Gasteiger partial charge in [-0.3, -0.25) is 10.2 Å². The Kier molecular flexibility index (Phi) is 10.2. The van der Waals surface area contributed by atoms with Gasteiger partial charge in [-0.2, -0.15) is 4.72 Å². The van der Waals surface area contributed by atoms with Crippen LogP contribution in [0.4, 0.5) is 4.79 Å². The lowest BCUT2D eigenvalue weighted by Crippen LogP contribution is -2.52. The molecule has 1 saturated heterocycles. The predicted octanol–water partition coefficient (Wildman–Crippen LogP) is 3.55. The number of hydrogen-bond acceptors (Lipinski definition) is 8. The molecule has 40 heavy (non-hydrogen) atoms. The number of sulfonamides is 1. The van der Waals surface area contributed by atoms with Gasteiger partial charge >= 0.3 is 6.09 Å². The van der Waals surface area contributed by atoms with Crippen LogP contribution >= 0.6 is 0 Å². The van der Waals surface area contributed by atoms with E-state index >= 15 is 0 Å². The largest absolute Gasteiger partial charge is 0.487 e. The van der Waals surface area contributed by atoms with Crippen LogP contribution in [0.25, 0.3) is 0 Å². The number of hydrogen-bond donors (Lipinski definition) is 3. The fraction of sp³-hybridized carbons (Fsp3) is 0.759. The highest BCUT2D eigenvalue weighted by atomic mass is 32.2. The number of carbonyl (C=O) groups is 1. The minimum absolute atomic E-state index is 0.243. The number of nitrogens with one attached hydrogen (secondary N) is 2. The van der Waals surface area contributed by atoms with Gasteiger partial charge in [0.25, 0.3) is 0 Å². The van der Waals surface area contributed by atoms with Crippen LogP contribution in [-0.4, -0.2) is 80.6 Å². The summed E-state index contributed by atoms with van der Waals surface area (Å²) in [6.45, 7) is 21.1. The van der Waals surface area contributed by atoms with Crippen molar-refractivity contribution in [3.63, 3.8) is 0 Å². The molecule has 0 aromatic heterocycles. The van der Waals surface area contributed by atoms with Gasteiger partial charge in [-0.15, -0.1) is 0 Å². The summed E-state index contributed by atoms with van der Waals surface area (Å²) >= 11 is 0. The van der Waals surface area contributed by atoms with Gasteiger partial charge in [0.05, 0.1) is 4.90 Å². The molecule has 1 fully saturated rings. The zero-order chi connectivity index (χ0) is 30.0. The highest BCUT2D eigenvalue weighted by Gasteiger charge is 2.37. The molecule has 228 valence electrons. The lowest BCUT2D eigenvalue weighted by atomic mass is 9.94. The number of nitrogens with two attached hydrogens (primary N) is 1. The Morgan fingerprint density at radius 1 is 1.07 bits per heavy atom. The average Bonchev–Trinajstić information content (AvgIpc) is 3.16. The minimum atomic E-state index is -3.83. The standard InChI is InChI=1S/C29H51N5O5S/c1-19(33-14-16-34(17-15-33)27(35)39-28(5,6)7)12-10-11-13-31-26(30)32-40(36,37)25-21(3)20(2)24-23(22(25)4)18-29(8,9)38-24/h19,26,31-32H,10-18,30H2,1-9H3. The van der Waals surface area contributed by atoms with Crippen molar-refractivity contribution >= 4 is 16.1 Å². The van der Waals surface area contributed by atoms with Crippen LogP contribution in [0.2, 0.25) is 0 Å². The maximum absolute atomic E-state index is 13.4. The Bertz CT molecular complexity index is 1170. The van der Waals surface area contributed by atoms with Gasteiger partial charge in [-0.1, -0.05) is 6.42 Å². The van der Waals surface area contributed by atoms with E-state index in [9.17, 15) is 13.2 Å². The van der Waals surface area contributed by atoms with E-state index in [4.69, 9.17) is 15.2 Å². The molecule has 4 N–H and O–H groups in total. The third kappa shape index (κ3) is 8.09. The highest BCUT2D eigenvalue weighted by molar-refractivity contribution is 7.89. The van der Waals surface area contributed by atoms with E-state index in [-0.39, 0.29) is 11.7 Å². The van der Waals surface area contributed by atoms with Crippen molar-refractivity contribution < 1.29 is 22.7 Å². The molecule has 0 saturated carbocycles. The van der Waals surface area contributed by atoms with Gasteiger partial charge in [0.2, 0.25) is 10.0 Å². The molecule has 1 amide bonds. The van der Waals surface area contributed by atoms with Crippen molar-refractivity contribution in [3.05, 3.63) is 22.3 Å². The number of fused-ring (bicyclic) bond motifs is 1. The summed E-state index contributed by atoms with van der Waals surface area (Å²) in [7, 11) is -3.83. The van der Waals surface area contributed by atoms with Crippen molar-refractivity contribution in [1.82, 2.24) is 19.8 Å². The molecular formula is C29H51N5O5S. The molecule has 0 bridgehead atoms. The van der Waals surface area contributed by atoms with Crippen LogP contribution in [0.3, 0.4) is 0 Å². The van der Waals surface area contributed by atoms with Gasteiger partial charge in [0.15, 0.2) is 0 Å². The van der Waals surface area contributed by atoms with Crippen molar-refractivity contribution in [1.29, 1.82) is 0 Å². The number of ether oxygens (including phenoxy) is 2. The summed E-state index contributed by atoms with van der Waals surface area (Å²) in [6, 6.07) is 0.399. The third-order valence-corrected chi connectivity index (χ3v) is 9.56. The number of benzene rings is 1. The molecule has 2 aliphatic heterocycles. The summed E-state index contributed by atoms with van der Waals surface area (Å²) in [6.07, 6.45) is 2.41. The summed E-state index contributed by atoms with van der Waals surface area (Å²) < 4.78 is 41.0. The average molecular weight is 582 g/mol. The number of carbonyl (C=O) groups excluding carboxylic acids is 1. The van der Waals surface area contributed by atoms with Crippen molar-refractivity contribution in [3.8, 4) is 5.75 Å². The molecule has 2 atom stereocenters. The first kappa shape index (κ1) is 32.6. The fourth-order valence-electron chi connectivity index (χ4n) is 5.59. The summed E-state index contributed by atoms with van der Waals surface area (Å²) in [5.74, 6) is 0.806. The number of piperazine rings is 1. The second-order valence-corrected chi connectivity index (χ2v) is 14.6. The maximum atomic E-state index is 13.4. The minimum Gasteiger partial charge on any atom is -0.487 e. The van der Waals surface area contributed by atoms with Gasteiger partial charge in [-0.25, -0.2) is 13.2 Å². The maximum Gasteiger partial charge on any atom is 0.410 e. The van der Waals surface area contributed by atoms with Crippen molar-refractivity contribution in [2.45, 2.75) is 116 Å². The molecular weight excluding hydrogens is 530 g/mol. The zero-order valence-corrected chi connectivity index (χ0v) is 26.8. The van der Waals surface area contributed by atoms with Crippen LogP contribution < -0.4 is 20.5 Å². The molecule has 1 aromatic carbocycles. The smallest absolute Gasteiger partial charge is 0.410 e. The Morgan fingerprint density at radius 3 is 2.30 bits per heavy atom. The van der Waals surface area contributed by atoms with Crippen LogP contribution in [0, 0.1) is 20.8 Å². The third-order valence-electron chi connectivity index (χ3n) is 7.84. The van der Waals surface area contributed by atoms with Crippen LogP contribution in [0.5, 0.6) is 5.75 Å². The molecule has 10 nitrogen and oxygen atoms in total. The molecule has 0 aliphatic carbocycles. The number of unbranched alkanes of at least 4 members (excludes halogenated alkanes) is 1. The van der Waals surface area contributed by atoms with E-state index in [0.717, 1.165) is 54.8 Å². The number of nitrogens with zero attached hydrogens (tertiary/aromatic N) is 2. The molecule has 2 unspecified atom stereocenters. The van der Waals surface area contributed by atoms with E-state index in [0.29, 0.717) is 42.6 Å². The van der Waals surface area contributed by atoms with Crippen LogP contribution in [0.15, 0.2) is 4.90 Å². The number of amides is 1. The molecule has 1 aromatic rings. The normalized spacial score (nSPS) is 19.2. The van der Waals surface area contributed by atoms with Gasteiger partial charge < -0.3 is 20.1 Å². The zero-order valence-electron chi connectivity index (χ0n) is 25.9. The summed E-state index contributed by atoms with van der Waals surface area (Å²) in [5.41, 5.74) is 8.53. The van der Waals surface area contributed by atoms with E-state index in [1.165, 1.54) is 0 Å². The molecule has 2 heterocycles. The van der Waals surface area contributed by atoms with Gasteiger partial charge in [0.1, 0.15) is 23.2 Å². The van der Waals surface area contributed by atoms with E-state index in [1.807, 2.05) is 55.4 Å². The van der Waals surface area contributed by atoms with Gasteiger partial charge in [-0.05, 0) is 98.4 Å². The monoisotopic (exact) mass is 581 g/mol. The van der Waals surface area contributed by atoms with E-state index in [2.05, 4.69) is 21.9 Å². The number of rotatable bonds is 10. The molecule has 2 aliphatic rings. The fourth-order valence-corrected chi connectivity index (χ4v) is 7.21. The van der Waals surface area contributed by atoms with Crippen molar-refractivity contribution in [2.24, 2.45) is 5.73 Å². The molecule has 0 radical (unpaired) electrons. The first-order valence-electron chi connectivity index (χ1n) is 14.5. The molecule has 11 heteroatoms. The Morgan fingerprint density at radius 2 is 1.70 bits per heavy atom. The SMILES string of the molecule is Cc1c(C)c(S(=O)(=O)NC(N)NCCCCC(C)N2CCN(C(=O)OC(C)(C)C)CC2)c(C)c2c1OC(C)(C)C2. The second kappa shape index (κ2) is 12.5. The second-order valence-electron chi connectivity index (χ2n) is 13.0. The van der Waals surface area contributed by atoms with Crippen molar-refractivity contribution in [2.75, 3.05) is 32.7 Å². The summed E-state index contributed by atoms with van der Waals surface area (Å²) in [5, 5.41) is 3.11. The van der Waals surface area contributed by atoms with Crippen LogP contribution in [0.1, 0.15) is 83.1 Å². The van der Waals surface area contributed by atoms with E-state index < -0.39 is 21.9 Å². The predicted molar refractivity (Wildman–Crippen MR) is 158 cm³/mol. The first-order valence-corrected chi connectivity index (χ1v) is 15.9. The lowest BCUT2D eigenvalue weighted by molar-refractivity contribution is 0.0106. The Labute approximate surface area is 241 Å². The highest BCUT2D eigenvalue weighted by Crippen LogP contribution is 2.43. The quantitative estimate of drug-likeness (QED) is 0.283. The topological polar surface area (TPSA) is 126 Å².